The molecule has 1 aromatic heterocycles. The number of nitrogens with one attached hydrogen (secondary N) is 2. The quantitative estimate of drug-likeness (QED) is 0.684. The second kappa shape index (κ2) is 8.20. The van der Waals surface area contributed by atoms with E-state index in [2.05, 4.69) is 22.5 Å². The van der Waals surface area contributed by atoms with Crippen LogP contribution in [0.5, 0.6) is 0 Å². The number of pyridine rings is 1. The average Bonchev–Trinajstić information content (AvgIpc) is 2.56. The predicted molar refractivity (Wildman–Crippen MR) is 92.0 cm³/mol. The minimum Gasteiger partial charge on any atom is -0.384 e. The molecule has 0 saturated carbocycles. The fourth-order valence-electron chi connectivity index (χ4n) is 2.06. The maximum atomic E-state index is 12.8. The summed E-state index contributed by atoms with van der Waals surface area (Å²) < 4.78 is 38.4. The Balaban J connectivity index is 2.16. The summed E-state index contributed by atoms with van der Waals surface area (Å²) in [6.07, 6.45) is 0.380. The predicted octanol–water partition coefficient (Wildman–Crippen LogP) is 5.22. The van der Waals surface area contributed by atoms with Crippen LogP contribution in [0.15, 0.2) is 36.7 Å². The van der Waals surface area contributed by atoms with Crippen molar-refractivity contribution >= 4 is 28.9 Å². The van der Waals surface area contributed by atoms with Gasteiger partial charge in [0.1, 0.15) is 0 Å². The van der Waals surface area contributed by atoms with Crippen molar-refractivity contribution in [3.05, 3.63) is 52.8 Å². The third-order valence-electron chi connectivity index (χ3n) is 3.40. The smallest absolute Gasteiger partial charge is 0.384 e. The van der Waals surface area contributed by atoms with Gasteiger partial charge in [-0.3, -0.25) is 9.78 Å². The normalized spacial score (nSPS) is 11.2. The first kappa shape index (κ1) is 19.1. The Hall–Kier alpha value is -2.28. The van der Waals surface area contributed by atoms with Gasteiger partial charge in [-0.2, -0.15) is 13.2 Å². The van der Waals surface area contributed by atoms with Gasteiger partial charge in [-0.1, -0.05) is 24.9 Å². The zero-order valence-electron chi connectivity index (χ0n) is 13.5. The molecule has 0 saturated heterocycles. The first-order valence-corrected chi connectivity index (χ1v) is 8.06. The van der Waals surface area contributed by atoms with E-state index in [-0.39, 0.29) is 16.3 Å². The van der Waals surface area contributed by atoms with Gasteiger partial charge in [0.2, 0.25) is 0 Å². The molecule has 0 bridgehead atoms. The third kappa shape index (κ3) is 5.35. The number of benzene rings is 1. The number of hydrogen-bond acceptors (Lipinski definition) is 3. The van der Waals surface area contributed by atoms with Crippen molar-refractivity contribution in [2.24, 2.45) is 0 Å². The number of halogens is 4. The third-order valence-corrected chi connectivity index (χ3v) is 3.73. The van der Waals surface area contributed by atoms with Gasteiger partial charge in [-0.25, -0.2) is 0 Å². The molecule has 0 unspecified atom stereocenters. The van der Waals surface area contributed by atoms with Crippen molar-refractivity contribution in [3.8, 4) is 0 Å². The molecule has 1 aromatic carbocycles. The largest absolute Gasteiger partial charge is 0.416 e. The molecule has 8 heteroatoms. The standard InChI is InChI=1S/C17H17ClF3N3O/c1-2-3-6-23-13-7-11(9-22-10-13)16(25)24-15-8-12(17(19,20)21)4-5-14(15)18/h4-5,7-10,23H,2-3,6H2,1H3,(H,24,25). The Morgan fingerprint density at radius 1 is 1.24 bits per heavy atom. The Labute approximate surface area is 148 Å². The molecule has 2 aromatic rings. The van der Waals surface area contributed by atoms with E-state index in [1.807, 2.05) is 0 Å². The average molecular weight is 372 g/mol. The van der Waals surface area contributed by atoms with Crippen molar-refractivity contribution < 1.29 is 18.0 Å². The van der Waals surface area contributed by atoms with Crippen molar-refractivity contribution in [3.63, 3.8) is 0 Å². The van der Waals surface area contributed by atoms with Crippen LogP contribution in [0, 0.1) is 0 Å². The molecule has 2 rings (SSSR count). The highest BCUT2D eigenvalue weighted by molar-refractivity contribution is 6.34. The summed E-state index contributed by atoms with van der Waals surface area (Å²) in [5.74, 6) is -0.590. The van der Waals surface area contributed by atoms with E-state index in [0.717, 1.165) is 37.6 Å². The van der Waals surface area contributed by atoms with E-state index in [1.165, 1.54) is 6.20 Å². The Morgan fingerprint density at radius 2 is 2.00 bits per heavy atom. The summed E-state index contributed by atoms with van der Waals surface area (Å²) in [6, 6.07) is 4.34. The number of nitrogens with zero attached hydrogens (tertiary/aromatic N) is 1. The molecule has 0 fully saturated rings. The summed E-state index contributed by atoms with van der Waals surface area (Å²) in [5, 5.41) is 5.54. The van der Waals surface area contributed by atoms with Crippen molar-refractivity contribution in [2.45, 2.75) is 25.9 Å². The van der Waals surface area contributed by atoms with Crippen molar-refractivity contribution in [1.29, 1.82) is 0 Å². The second-order valence-electron chi connectivity index (χ2n) is 5.39. The molecule has 0 aliphatic carbocycles. The van der Waals surface area contributed by atoms with Crippen LogP contribution < -0.4 is 10.6 Å². The van der Waals surface area contributed by atoms with Gasteiger partial charge in [-0.05, 0) is 30.7 Å². The number of unbranched alkanes of at least 4 members (excludes halogenated alkanes) is 1. The minimum atomic E-state index is -4.52. The van der Waals surface area contributed by atoms with E-state index < -0.39 is 17.6 Å². The lowest BCUT2D eigenvalue weighted by Crippen LogP contribution is -2.14. The topological polar surface area (TPSA) is 54.0 Å². The fraction of sp³-hybridized carbons (Fsp3) is 0.294. The lowest BCUT2D eigenvalue weighted by atomic mass is 10.2. The number of rotatable bonds is 6. The number of alkyl halides is 3. The molecule has 0 aliphatic heterocycles. The molecule has 0 atom stereocenters. The maximum absolute atomic E-state index is 12.8. The number of carbonyl (C=O) groups excluding carboxylic acids is 1. The number of amides is 1. The van der Waals surface area contributed by atoms with Crippen molar-refractivity contribution in [1.82, 2.24) is 4.98 Å². The van der Waals surface area contributed by atoms with Crippen LogP contribution >= 0.6 is 11.6 Å². The van der Waals surface area contributed by atoms with E-state index in [4.69, 9.17) is 11.6 Å². The SMILES string of the molecule is CCCCNc1cncc(C(=O)Nc2cc(C(F)(F)F)ccc2Cl)c1. The van der Waals surface area contributed by atoms with Gasteiger partial charge in [0.25, 0.3) is 5.91 Å². The fourth-order valence-corrected chi connectivity index (χ4v) is 2.23. The number of carbonyl (C=O) groups is 1. The molecule has 25 heavy (non-hydrogen) atoms. The highest BCUT2D eigenvalue weighted by atomic mass is 35.5. The molecule has 1 heterocycles. The van der Waals surface area contributed by atoms with Gasteiger partial charge in [0.05, 0.1) is 27.5 Å². The van der Waals surface area contributed by atoms with Gasteiger partial charge < -0.3 is 10.6 Å². The monoisotopic (exact) mass is 371 g/mol. The maximum Gasteiger partial charge on any atom is 0.416 e. The summed E-state index contributed by atoms with van der Waals surface area (Å²) in [4.78, 5) is 16.3. The van der Waals surface area contributed by atoms with Crippen LogP contribution in [0.2, 0.25) is 5.02 Å². The van der Waals surface area contributed by atoms with Crippen molar-refractivity contribution in [2.75, 3.05) is 17.2 Å². The number of anilines is 2. The van der Waals surface area contributed by atoms with Crippen LogP contribution in [0.1, 0.15) is 35.7 Å². The molecule has 0 radical (unpaired) electrons. The van der Waals surface area contributed by atoms with Crippen LogP contribution in [0.25, 0.3) is 0 Å². The van der Waals surface area contributed by atoms with Crippen LogP contribution in [-0.4, -0.2) is 17.4 Å². The van der Waals surface area contributed by atoms with Crippen LogP contribution in [0.4, 0.5) is 24.5 Å². The number of aromatic nitrogens is 1. The molecular formula is C17H17ClF3N3O. The van der Waals surface area contributed by atoms with Crippen LogP contribution in [-0.2, 0) is 6.18 Å². The number of hydrogen-bond donors (Lipinski definition) is 2. The minimum absolute atomic E-state index is 0.0199. The van der Waals surface area contributed by atoms with Crippen LogP contribution in [0.3, 0.4) is 0 Å². The van der Waals surface area contributed by atoms with E-state index in [9.17, 15) is 18.0 Å². The van der Waals surface area contributed by atoms with E-state index in [0.29, 0.717) is 5.69 Å². The second-order valence-corrected chi connectivity index (χ2v) is 5.80. The van der Waals surface area contributed by atoms with Gasteiger partial charge in [0, 0.05) is 18.9 Å². The molecule has 134 valence electrons. The Bertz CT molecular complexity index is 750. The summed E-state index contributed by atoms with van der Waals surface area (Å²) in [7, 11) is 0. The summed E-state index contributed by atoms with van der Waals surface area (Å²) >= 11 is 5.88. The first-order chi connectivity index (χ1) is 11.8. The van der Waals surface area contributed by atoms with Gasteiger partial charge >= 0.3 is 6.18 Å². The highest BCUT2D eigenvalue weighted by Crippen LogP contribution is 2.34. The van der Waals surface area contributed by atoms with Gasteiger partial charge in [-0.15, -0.1) is 0 Å². The molecule has 2 N–H and O–H groups in total. The zero-order chi connectivity index (χ0) is 18.4. The molecule has 0 aliphatic rings. The molecular weight excluding hydrogens is 355 g/mol. The first-order valence-electron chi connectivity index (χ1n) is 7.68. The molecule has 4 nitrogen and oxygen atoms in total. The molecule has 1 amide bonds. The van der Waals surface area contributed by atoms with E-state index >= 15 is 0 Å². The summed E-state index contributed by atoms with van der Waals surface area (Å²) in [6.45, 7) is 2.80. The zero-order valence-corrected chi connectivity index (χ0v) is 14.2. The van der Waals surface area contributed by atoms with E-state index in [1.54, 1.807) is 12.3 Å². The highest BCUT2D eigenvalue weighted by Gasteiger charge is 2.31. The summed E-state index contributed by atoms with van der Waals surface area (Å²) in [5.41, 5.74) is -0.114. The lowest BCUT2D eigenvalue weighted by molar-refractivity contribution is -0.137. The molecule has 0 spiro atoms. The Morgan fingerprint density at radius 3 is 2.68 bits per heavy atom. The van der Waals surface area contributed by atoms with Gasteiger partial charge in [0.15, 0.2) is 0 Å². The lowest BCUT2D eigenvalue weighted by Gasteiger charge is -2.12. The Kier molecular flexibility index (Phi) is 6.25.